The van der Waals surface area contributed by atoms with Gasteiger partial charge < -0.3 is 19.7 Å². The zero-order chi connectivity index (χ0) is 21.1. The third-order valence-electron chi connectivity index (χ3n) is 5.71. The van der Waals surface area contributed by atoms with Crippen molar-refractivity contribution in [1.29, 1.82) is 0 Å². The van der Waals surface area contributed by atoms with Gasteiger partial charge in [0.2, 0.25) is 5.82 Å². The molecular weight excluding hydrogens is 384 g/mol. The Kier molecular flexibility index (Phi) is 6.21. The zero-order valence-corrected chi connectivity index (χ0v) is 17.5. The molecule has 2 aromatic heterocycles. The molecule has 4 rings (SSSR count). The van der Waals surface area contributed by atoms with Gasteiger partial charge in [-0.3, -0.25) is 4.79 Å². The third-order valence-corrected chi connectivity index (χ3v) is 5.71. The number of ether oxygens (including phenoxy) is 1. The van der Waals surface area contributed by atoms with E-state index in [0.717, 1.165) is 52.2 Å². The Labute approximate surface area is 174 Å². The number of pyridine rings is 1. The van der Waals surface area contributed by atoms with Gasteiger partial charge in [-0.2, -0.15) is 0 Å². The lowest BCUT2D eigenvalue weighted by atomic mass is 10.0. The van der Waals surface area contributed by atoms with Crippen molar-refractivity contribution in [3.63, 3.8) is 0 Å². The Balaban J connectivity index is 1.55. The Morgan fingerprint density at radius 2 is 2.17 bits per heavy atom. The van der Waals surface area contributed by atoms with Crippen LogP contribution in [-0.4, -0.2) is 56.2 Å². The summed E-state index contributed by atoms with van der Waals surface area (Å²) in [5.74, 6) is 0.734. The average molecular weight is 414 g/mol. The number of nitrogens with zero attached hydrogens (tertiary/aromatic N) is 4. The van der Waals surface area contributed by atoms with E-state index in [1.54, 1.807) is 4.68 Å². The Morgan fingerprint density at radius 1 is 1.30 bits per heavy atom. The number of aryl methyl sites for hydroxylation is 2. The normalized spacial score (nSPS) is 17.6. The van der Waals surface area contributed by atoms with Gasteiger partial charge in [0, 0.05) is 17.5 Å². The van der Waals surface area contributed by atoms with E-state index in [0.29, 0.717) is 31.7 Å². The van der Waals surface area contributed by atoms with Crippen LogP contribution in [0.3, 0.4) is 0 Å². The molecule has 9 nitrogen and oxygen atoms in total. The number of quaternary nitrogens is 1. The van der Waals surface area contributed by atoms with Crippen LogP contribution in [0.2, 0.25) is 0 Å². The average Bonchev–Trinajstić information content (AvgIpc) is 3.36. The molecule has 30 heavy (non-hydrogen) atoms. The lowest BCUT2D eigenvalue weighted by Crippen LogP contribution is -3.10. The number of tetrazole rings is 1. The van der Waals surface area contributed by atoms with Gasteiger partial charge in [-0.1, -0.05) is 6.07 Å². The van der Waals surface area contributed by atoms with E-state index in [-0.39, 0.29) is 18.3 Å². The summed E-state index contributed by atoms with van der Waals surface area (Å²) in [6, 6.07) is 6.07. The molecule has 3 N–H and O–H groups in total. The Bertz CT molecular complexity index is 1070. The number of H-pyrrole nitrogens is 1. The molecule has 9 heteroatoms. The highest BCUT2D eigenvalue weighted by Crippen LogP contribution is 2.18. The van der Waals surface area contributed by atoms with Crippen molar-refractivity contribution in [3.05, 3.63) is 51.1 Å². The number of aromatic amines is 1. The van der Waals surface area contributed by atoms with E-state index in [1.165, 1.54) is 0 Å². The van der Waals surface area contributed by atoms with Crippen LogP contribution in [0.25, 0.3) is 10.9 Å². The molecule has 1 fully saturated rings. The Hall–Kier alpha value is -2.62. The van der Waals surface area contributed by atoms with Gasteiger partial charge in [0.05, 0.1) is 24.8 Å². The number of benzene rings is 1. The van der Waals surface area contributed by atoms with Crippen molar-refractivity contribution in [3.8, 4) is 0 Å². The summed E-state index contributed by atoms with van der Waals surface area (Å²) in [7, 11) is 0. The highest BCUT2D eigenvalue weighted by molar-refractivity contribution is 5.83. The molecule has 160 valence electrons. The van der Waals surface area contributed by atoms with Gasteiger partial charge in [-0.25, -0.2) is 4.68 Å². The first-order valence-corrected chi connectivity index (χ1v) is 10.5. The van der Waals surface area contributed by atoms with E-state index < -0.39 is 0 Å². The molecule has 0 amide bonds. The highest BCUT2D eigenvalue weighted by Gasteiger charge is 2.22. The van der Waals surface area contributed by atoms with Crippen LogP contribution in [0.5, 0.6) is 0 Å². The maximum absolute atomic E-state index is 12.7. The quantitative estimate of drug-likeness (QED) is 0.475. The lowest BCUT2D eigenvalue weighted by Gasteiger charge is -2.19. The molecule has 0 aliphatic carbocycles. The predicted molar refractivity (Wildman–Crippen MR) is 111 cm³/mol. The molecule has 1 aliphatic heterocycles. The smallest absolute Gasteiger partial charge is 0.257 e. The minimum absolute atomic E-state index is 0.0202. The number of fused-ring (bicyclic) bond motifs is 1. The molecule has 1 saturated heterocycles. The molecule has 1 aliphatic rings. The molecule has 1 aromatic carbocycles. The second kappa shape index (κ2) is 9.03. The fourth-order valence-corrected chi connectivity index (χ4v) is 4.21. The summed E-state index contributed by atoms with van der Waals surface area (Å²) in [5, 5.41) is 22.7. The first kappa shape index (κ1) is 20.6. The number of hydrogen-bond donors (Lipinski definition) is 3. The topological polar surface area (TPSA) is 110 Å². The molecule has 3 aromatic rings. The van der Waals surface area contributed by atoms with Crippen molar-refractivity contribution >= 4 is 10.9 Å². The molecule has 0 bridgehead atoms. The molecular formula is C21H29N6O3+. The minimum Gasteiger partial charge on any atom is -0.391 e. The Morgan fingerprint density at radius 3 is 2.93 bits per heavy atom. The highest BCUT2D eigenvalue weighted by atomic mass is 16.5. The van der Waals surface area contributed by atoms with E-state index >= 15 is 0 Å². The van der Waals surface area contributed by atoms with Gasteiger partial charge in [0.1, 0.15) is 19.6 Å². The van der Waals surface area contributed by atoms with Crippen LogP contribution in [-0.2, 0) is 24.4 Å². The summed E-state index contributed by atoms with van der Waals surface area (Å²) in [4.78, 5) is 16.7. The second-order valence-corrected chi connectivity index (χ2v) is 8.16. The first-order valence-electron chi connectivity index (χ1n) is 10.5. The summed E-state index contributed by atoms with van der Waals surface area (Å²) >= 11 is 0. The van der Waals surface area contributed by atoms with Gasteiger partial charge in [-0.15, -0.1) is 5.10 Å². The monoisotopic (exact) mass is 413 g/mol. The number of nitrogens with one attached hydrogen (secondary N) is 2. The number of aromatic nitrogens is 5. The van der Waals surface area contributed by atoms with Crippen molar-refractivity contribution < 1.29 is 14.7 Å². The van der Waals surface area contributed by atoms with Crippen molar-refractivity contribution in [2.75, 3.05) is 19.8 Å². The van der Waals surface area contributed by atoms with E-state index in [9.17, 15) is 9.90 Å². The van der Waals surface area contributed by atoms with E-state index in [2.05, 4.69) is 33.5 Å². The van der Waals surface area contributed by atoms with Gasteiger partial charge in [0.15, 0.2) is 0 Å². The van der Waals surface area contributed by atoms with Crippen molar-refractivity contribution in [2.24, 2.45) is 0 Å². The fraction of sp³-hybridized carbons (Fsp3) is 0.524. The zero-order valence-electron chi connectivity index (χ0n) is 17.5. The number of hydrogen-bond acceptors (Lipinski definition) is 6. The van der Waals surface area contributed by atoms with Crippen LogP contribution < -0.4 is 10.5 Å². The summed E-state index contributed by atoms with van der Waals surface area (Å²) in [6.07, 6.45) is 2.22. The van der Waals surface area contributed by atoms with Crippen molar-refractivity contribution in [1.82, 2.24) is 25.2 Å². The molecule has 0 radical (unpaired) electrons. The SMILES string of the molecule is Cc1cc(C)c2cc(C[NH+](CCO)Cc3nnnn3C[C@@H]3CCCO3)c(=O)[nH]c2c1. The van der Waals surface area contributed by atoms with E-state index in [1.807, 2.05) is 19.1 Å². The fourth-order valence-electron chi connectivity index (χ4n) is 4.21. The first-order chi connectivity index (χ1) is 14.5. The molecule has 0 spiro atoms. The predicted octanol–water partition coefficient (Wildman–Crippen LogP) is -0.112. The number of rotatable bonds is 8. The largest absolute Gasteiger partial charge is 0.391 e. The van der Waals surface area contributed by atoms with Crippen LogP contribution in [0.1, 0.15) is 35.4 Å². The van der Waals surface area contributed by atoms with Crippen LogP contribution in [0.4, 0.5) is 0 Å². The molecule has 1 unspecified atom stereocenters. The minimum atomic E-state index is -0.0955. The third kappa shape index (κ3) is 4.58. The number of aliphatic hydroxyl groups excluding tert-OH is 1. The summed E-state index contributed by atoms with van der Waals surface area (Å²) < 4.78 is 7.48. The summed E-state index contributed by atoms with van der Waals surface area (Å²) in [5.41, 5.74) is 3.70. The van der Waals surface area contributed by atoms with Crippen molar-refractivity contribution in [2.45, 2.75) is 52.4 Å². The second-order valence-electron chi connectivity index (χ2n) is 8.16. The summed E-state index contributed by atoms with van der Waals surface area (Å²) in [6.45, 7) is 7.00. The molecule has 3 heterocycles. The van der Waals surface area contributed by atoms with Crippen LogP contribution in [0.15, 0.2) is 23.0 Å². The number of aliphatic hydroxyl groups is 1. The van der Waals surface area contributed by atoms with Crippen LogP contribution in [0, 0.1) is 13.8 Å². The standard InChI is InChI=1S/C21H28N6O3/c1-14-8-15(2)18-10-16(21(29)22-19(18)9-14)11-26(5-6-28)13-20-23-24-25-27(20)12-17-4-3-7-30-17/h8-10,17,28H,3-7,11-13H2,1-2H3,(H,22,29)/p+1/t17-/m0/s1. The lowest BCUT2D eigenvalue weighted by molar-refractivity contribution is -0.928. The molecule has 0 saturated carbocycles. The molecule has 2 atom stereocenters. The maximum atomic E-state index is 12.7. The van der Waals surface area contributed by atoms with Crippen LogP contribution >= 0.6 is 0 Å². The van der Waals surface area contributed by atoms with Gasteiger partial charge >= 0.3 is 0 Å². The van der Waals surface area contributed by atoms with Gasteiger partial charge in [0.25, 0.3) is 5.56 Å². The van der Waals surface area contributed by atoms with E-state index in [4.69, 9.17) is 4.74 Å². The maximum Gasteiger partial charge on any atom is 0.257 e. The van der Waals surface area contributed by atoms with Gasteiger partial charge in [-0.05, 0) is 60.4 Å².